The van der Waals surface area contributed by atoms with Crippen LogP contribution in [-0.2, 0) is 14.1 Å². The third-order valence-corrected chi connectivity index (χ3v) is 5.94. The lowest BCUT2D eigenvalue weighted by molar-refractivity contribution is 0.776. The average Bonchev–Trinajstić information content (AvgIpc) is 3.52. The van der Waals surface area contributed by atoms with Gasteiger partial charge in [0, 0.05) is 37.6 Å². The fourth-order valence-corrected chi connectivity index (χ4v) is 4.27. The zero-order valence-electron chi connectivity index (χ0n) is 19.8. The van der Waals surface area contributed by atoms with Crippen LogP contribution in [0.2, 0.25) is 0 Å². The standard InChI is InChI=1S/C28H22N8/c1-35-27(31-25(33-35)23-15-7-9-17-29-23)21-13-5-3-11-19(21)20-12-4-6-14-22(20)28-32-26(34-36(28)2)24-16-8-10-18-30-24/h3-18H,1-2H3. The second-order valence-corrected chi connectivity index (χ2v) is 8.29. The number of benzene rings is 2. The molecule has 0 bridgehead atoms. The first-order chi connectivity index (χ1) is 17.7. The monoisotopic (exact) mass is 470 g/mol. The van der Waals surface area contributed by atoms with E-state index in [0.717, 1.165) is 45.3 Å². The number of hydrogen-bond donors (Lipinski definition) is 0. The Morgan fingerprint density at radius 2 is 0.861 bits per heavy atom. The quantitative estimate of drug-likeness (QED) is 0.350. The van der Waals surface area contributed by atoms with Crippen LogP contribution in [0.5, 0.6) is 0 Å². The molecule has 6 aromatic rings. The van der Waals surface area contributed by atoms with Crippen molar-refractivity contribution in [3.63, 3.8) is 0 Å². The van der Waals surface area contributed by atoms with Gasteiger partial charge in [-0.3, -0.25) is 9.97 Å². The van der Waals surface area contributed by atoms with Crippen molar-refractivity contribution in [3.8, 4) is 56.9 Å². The summed E-state index contributed by atoms with van der Waals surface area (Å²) < 4.78 is 3.60. The summed E-state index contributed by atoms with van der Waals surface area (Å²) in [6, 6.07) is 27.9. The Balaban J connectivity index is 1.48. The largest absolute Gasteiger partial charge is 0.253 e. The molecule has 0 saturated heterocycles. The highest BCUT2D eigenvalue weighted by Gasteiger charge is 2.20. The first-order valence-electron chi connectivity index (χ1n) is 11.5. The second-order valence-electron chi connectivity index (χ2n) is 8.29. The lowest BCUT2D eigenvalue weighted by Crippen LogP contribution is -1.99. The predicted molar refractivity (Wildman–Crippen MR) is 138 cm³/mol. The fraction of sp³-hybridized carbons (Fsp3) is 0.0714. The molecule has 0 aliphatic carbocycles. The van der Waals surface area contributed by atoms with Crippen LogP contribution >= 0.6 is 0 Å². The SMILES string of the molecule is Cn1nc(-c2ccccn2)nc1-c1ccccc1-c1ccccc1-c1nc(-c2ccccn2)nn1C. The van der Waals surface area contributed by atoms with E-state index in [4.69, 9.17) is 9.97 Å². The van der Waals surface area contributed by atoms with Crippen molar-refractivity contribution in [2.24, 2.45) is 14.1 Å². The van der Waals surface area contributed by atoms with Crippen LogP contribution in [0.15, 0.2) is 97.3 Å². The van der Waals surface area contributed by atoms with Crippen molar-refractivity contribution >= 4 is 0 Å². The van der Waals surface area contributed by atoms with Crippen LogP contribution in [0.25, 0.3) is 56.9 Å². The van der Waals surface area contributed by atoms with Gasteiger partial charge in [0.2, 0.25) is 0 Å². The lowest BCUT2D eigenvalue weighted by atomic mass is 9.94. The first kappa shape index (κ1) is 21.5. The molecular weight excluding hydrogens is 448 g/mol. The molecule has 0 aliphatic rings. The highest BCUT2D eigenvalue weighted by atomic mass is 15.3. The normalized spacial score (nSPS) is 11.1. The molecule has 6 rings (SSSR count). The summed E-state index contributed by atoms with van der Waals surface area (Å²) in [6.07, 6.45) is 3.49. The van der Waals surface area contributed by atoms with E-state index in [-0.39, 0.29) is 0 Å². The molecule has 0 radical (unpaired) electrons. The van der Waals surface area contributed by atoms with Crippen LogP contribution in [0.4, 0.5) is 0 Å². The van der Waals surface area contributed by atoms with Crippen LogP contribution in [-0.4, -0.2) is 39.5 Å². The van der Waals surface area contributed by atoms with E-state index in [1.165, 1.54) is 0 Å². The minimum absolute atomic E-state index is 0.587. The number of nitrogens with zero attached hydrogens (tertiary/aromatic N) is 8. The molecule has 0 aliphatic heterocycles. The van der Waals surface area contributed by atoms with Gasteiger partial charge in [0.05, 0.1) is 0 Å². The Labute approximate surface area is 208 Å². The highest BCUT2D eigenvalue weighted by Crippen LogP contribution is 2.37. The molecular formula is C28H22N8. The zero-order chi connectivity index (χ0) is 24.5. The van der Waals surface area contributed by atoms with Crippen molar-refractivity contribution in [2.45, 2.75) is 0 Å². The molecule has 8 nitrogen and oxygen atoms in total. The van der Waals surface area contributed by atoms with Crippen LogP contribution in [0.3, 0.4) is 0 Å². The molecule has 0 amide bonds. The highest BCUT2D eigenvalue weighted by molar-refractivity contribution is 5.89. The maximum Gasteiger partial charge on any atom is 0.200 e. The second kappa shape index (κ2) is 8.99. The van der Waals surface area contributed by atoms with Crippen molar-refractivity contribution in [1.29, 1.82) is 0 Å². The van der Waals surface area contributed by atoms with Crippen molar-refractivity contribution < 1.29 is 0 Å². The molecule has 0 fully saturated rings. The van der Waals surface area contributed by atoms with Gasteiger partial charge in [0.15, 0.2) is 23.3 Å². The molecule has 4 aromatic heterocycles. The molecule has 2 aromatic carbocycles. The van der Waals surface area contributed by atoms with E-state index in [1.807, 2.05) is 74.8 Å². The van der Waals surface area contributed by atoms with Gasteiger partial charge in [0.1, 0.15) is 11.4 Å². The molecule has 0 unspecified atom stereocenters. The molecule has 36 heavy (non-hydrogen) atoms. The molecule has 0 N–H and O–H groups in total. The van der Waals surface area contributed by atoms with Gasteiger partial charge in [-0.15, -0.1) is 10.2 Å². The lowest BCUT2D eigenvalue weighted by Gasteiger charge is -2.13. The maximum absolute atomic E-state index is 4.85. The number of rotatable bonds is 5. The smallest absolute Gasteiger partial charge is 0.200 e. The third-order valence-electron chi connectivity index (χ3n) is 5.94. The van der Waals surface area contributed by atoms with Crippen LogP contribution in [0, 0.1) is 0 Å². The zero-order valence-corrected chi connectivity index (χ0v) is 19.8. The third kappa shape index (κ3) is 3.84. The number of aromatic nitrogens is 8. The fourth-order valence-electron chi connectivity index (χ4n) is 4.27. The average molecular weight is 471 g/mol. The number of pyridine rings is 2. The minimum Gasteiger partial charge on any atom is -0.253 e. The van der Waals surface area contributed by atoms with Gasteiger partial charge in [0.25, 0.3) is 0 Å². The summed E-state index contributed by atoms with van der Waals surface area (Å²) >= 11 is 0. The topological polar surface area (TPSA) is 87.2 Å². The first-order valence-corrected chi connectivity index (χ1v) is 11.5. The Morgan fingerprint density at radius 3 is 1.25 bits per heavy atom. The molecule has 174 valence electrons. The van der Waals surface area contributed by atoms with Gasteiger partial charge in [-0.1, -0.05) is 60.7 Å². The van der Waals surface area contributed by atoms with Gasteiger partial charge in [-0.25, -0.2) is 19.3 Å². The van der Waals surface area contributed by atoms with E-state index in [2.05, 4.69) is 44.4 Å². The number of aryl methyl sites for hydroxylation is 2. The molecule has 0 spiro atoms. The van der Waals surface area contributed by atoms with Crippen LogP contribution in [0.1, 0.15) is 0 Å². The van der Waals surface area contributed by atoms with Crippen molar-refractivity contribution in [1.82, 2.24) is 39.5 Å². The van der Waals surface area contributed by atoms with Crippen molar-refractivity contribution in [3.05, 3.63) is 97.3 Å². The Morgan fingerprint density at radius 1 is 0.472 bits per heavy atom. The van der Waals surface area contributed by atoms with E-state index >= 15 is 0 Å². The van der Waals surface area contributed by atoms with Gasteiger partial charge < -0.3 is 0 Å². The molecule has 4 heterocycles. The minimum atomic E-state index is 0.587. The molecule has 0 atom stereocenters. The summed E-state index contributed by atoms with van der Waals surface area (Å²) in [5, 5.41) is 9.27. The van der Waals surface area contributed by atoms with E-state index in [1.54, 1.807) is 21.8 Å². The van der Waals surface area contributed by atoms with Gasteiger partial charge >= 0.3 is 0 Å². The van der Waals surface area contributed by atoms with E-state index in [9.17, 15) is 0 Å². The van der Waals surface area contributed by atoms with Crippen molar-refractivity contribution in [2.75, 3.05) is 0 Å². The summed E-state index contributed by atoms with van der Waals surface area (Å²) in [4.78, 5) is 18.5. The Kier molecular flexibility index (Phi) is 5.38. The van der Waals surface area contributed by atoms with Gasteiger partial charge in [-0.05, 0) is 35.4 Å². The summed E-state index contributed by atoms with van der Waals surface area (Å²) in [6.45, 7) is 0. The van der Waals surface area contributed by atoms with E-state index < -0.39 is 0 Å². The maximum atomic E-state index is 4.85. The molecule has 0 saturated carbocycles. The summed E-state index contributed by atoms with van der Waals surface area (Å²) in [7, 11) is 3.80. The molecule has 8 heteroatoms. The Hall–Kier alpha value is -4.98. The number of hydrogen-bond acceptors (Lipinski definition) is 6. The van der Waals surface area contributed by atoms with Gasteiger partial charge in [-0.2, -0.15) is 0 Å². The summed E-state index contributed by atoms with van der Waals surface area (Å²) in [5.74, 6) is 2.69. The predicted octanol–water partition coefficient (Wildman–Crippen LogP) is 5.07. The Bertz CT molecular complexity index is 1530. The summed E-state index contributed by atoms with van der Waals surface area (Å²) in [5.41, 5.74) is 5.46. The van der Waals surface area contributed by atoms with E-state index in [0.29, 0.717) is 11.6 Å². The van der Waals surface area contributed by atoms with Crippen LogP contribution < -0.4 is 0 Å².